The Morgan fingerprint density at radius 1 is 1.18 bits per heavy atom. The predicted molar refractivity (Wildman–Crippen MR) is 84.1 cm³/mol. The molecule has 3 aromatic rings. The minimum atomic E-state index is -0.733. The van der Waals surface area contributed by atoms with Crippen LogP contribution in [-0.2, 0) is 11.2 Å². The third-order valence-corrected chi connectivity index (χ3v) is 4.43. The normalized spacial score (nSPS) is 10.6. The van der Waals surface area contributed by atoms with Crippen molar-refractivity contribution >= 4 is 34.3 Å². The zero-order chi connectivity index (χ0) is 15.5. The molecule has 7 heteroatoms. The summed E-state index contributed by atoms with van der Waals surface area (Å²) in [5.74, 6) is -1.83. The number of carbonyl (C=O) groups is 1. The number of thiazole rings is 1. The molecule has 0 saturated heterocycles. The number of hydrogen-bond acceptors (Lipinski definition) is 4. The van der Waals surface area contributed by atoms with Crippen LogP contribution in [0.1, 0.15) is 5.69 Å². The average Bonchev–Trinajstić information content (AvgIpc) is 3.07. The molecule has 0 saturated carbocycles. The van der Waals surface area contributed by atoms with Gasteiger partial charge in [-0.25, -0.2) is 13.8 Å². The lowest BCUT2D eigenvalue weighted by molar-refractivity contribution is -0.115. The van der Waals surface area contributed by atoms with Crippen LogP contribution in [0.15, 0.2) is 40.4 Å². The SMILES string of the molecule is O=C(Cc1csc(-c2ccsc2)n1)Nc1cc(F)cc(F)c1. The van der Waals surface area contributed by atoms with Crippen molar-refractivity contribution < 1.29 is 13.6 Å². The summed E-state index contributed by atoms with van der Waals surface area (Å²) >= 11 is 3.03. The lowest BCUT2D eigenvalue weighted by Crippen LogP contribution is -2.14. The van der Waals surface area contributed by atoms with Gasteiger partial charge in [-0.2, -0.15) is 11.3 Å². The number of nitrogens with one attached hydrogen (secondary N) is 1. The first kappa shape index (κ1) is 14.8. The van der Waals surface area contributed by atoms with E-state index in [2.05, 4.69) is 10.3 Å². The summed E-state index contributed by atoms with van der Waals surface area (Å²) in [7, 11) is 0. The topological polar surface area (TPSA) is 42.0 Å². The Morgan fingerprint density at radius 2 is 1.95 bits per heavy atom. The number of benzene rings is 1. The smallest absolute Gasteiger partial charge is 0.230 e. The maximum Gasteiger partial charge on any atom is 0.230 e. The second kappa shape index (κ2) is 6.33. The molecule has 0 aliphatic heterocycles. The third-order valence-electron chi connectivity index (χ3n) is 2.81. The molecule has 0 bridgehead atoms. The molecule has 0 spiro atoms. The van der Waals surface area contributed by atoms with Gasteiger partial charge in [-0.15, -0.1) is 11.3 Å². The molecule has 0 atom stereocenters. The van der Waals surface area contributed by atoms with E-state index in [1.807, 2.05) is 16.8 Å². The summed E-state index contributed by atoms with van der Waals surface area (Å²) in [5.41, 5.74) is 1.74. The predicted octanol–water partition coefficient (Wildman–Crippen LogP) is 4.33. The van der Waals surface area contributed by atoms with Gasteiger partial charge >= 0.3 is 0 Å². The van der Waals surface area contributed by atoms with Gasteiger partial charge in [0, 0.05) is 28.1 Å². The van der Waals surface area contributed by atoms with Crippen molar-refractivity contribution in [3.63, 3.8) is 0 Å². The van der Waals surface area contributed by atoms with Crippen LogP contribution in [0, 0.1) is 11.6 Å². The standard InChI is InChI=1S/C15H10F2N2OS2/c16-10-3-11(17)5-12(4-10)18-14(20)6-13-8-22-15(19-13)9-1-2-21-7-9/h1-5,7-8H,6H2,(H,18,20). The number of rotatable bonds is 4. The molecule has 1 aromatic carbocycles. The van der Waals surface area contributed by atoms with E-state index in [0.717, 1.165) is 28.8 Å². The van der Waals surface area contributed by atoms with E-state index in [-0.39, 0.29) is 18.0 Å². The maximum atomic E-state index is 13.1. The van der Waals surface area contributed by atoms with Gasteiger partial charge in [-0.05, 0) is 23.6 Å². The molecule has 0 unspecified atom stereocenters. The molecule has 1 N–H and O–H groups in total. The van der Waals surface area contributed by atoms with Crippen molar-refractivity contribution in [1.82, 2.24) is 4.98 Å². The number of thiophene rings is 1. The average molecular weight is 336 g/mol. The molecule has 0 aliphatic rings. The fourth-order valence-corrected chi connectivity index (χ4v) is 3.43. The van der Waals surface area contributed by atoms with Crippen LogP contribution in [0.2, 0.25) is 0 Å². The number of carbonyl (C=O) groups excluding carboxylic acids is 1. The minimum Gasteiger partial charge on any atom is -0.326 e. The van der Waals surface area contributed by atoms with Crippen LogP contribution in [-0.4, -0.2) is 10.9 Å². The molecular weight excluding hydrogens is 326 g/mol. The lowest BCUT2D eigenvalue weighted by Gasteiger charge is -2.04. The van der Waals surface area contributed by atoms with Crippen molar-refractivity contribution in [3.8, 4) is 10.6 Å². The second-order valence-corrected chi connectivity index (χ2v) is 6.18. The zero-order valence-electron chi connectivity index (χ0n) is 11.2. The van der Waals surface area contributed by atoms with Gasteiger partial charge < -0.3 is 5.32 Å². The first-order valence-corrected chi connectivity index (χ1v) is 8.15. The monoisotopic (exact) mass is 336 g/mol. The number of halogens is 2. The highest BCUT2D eigenvalue weighted by molar-refractivity contribution is 7.14. The molecule has 0 fully saturated rings. The molecule has 1 amide bonds. The Balaban J connectivity index is 1.67. The summed E-state index contributed by atoms with van der Waals surface area (Å²) < 4.78 is 26.1. The van der Waals surface area contributed by atoms with Gasteiger partial charge in [-0.3, -0.25) is 4.79 Å². The van der Waals surface area contributed by atoms with Crippen molar-refractivity contribution in [2.45, 2.75) is 6.42 Å². The molecule has 2 heterocycles. The Bertz CT molecular complexity index is 779. The Hall–Kier alpha value is -2.12. The van der Waals surface area contributed by atoms with Gasteiger partial charge in [0.05, 0.1) is 12.1 Å². The fourth-order valence-electron chi connectivity index (χ4n) is 1.90. The second-order valence-electron chi connectivity index (χ2n) is 4.54. The number of hydrogen-bond donors (Lipinski definition) is 1. The van der Waals surface area contributed by atoms with Crippen LogP contribution in [0.25, 0.3) is 10.6 Å². The van der Waals surface area contributed by atoms with Crippen LogP contribution >= 0.6 is 22.7 Å². The molecule has 3 rings (SSSR count). The highest BCUT2D eigenvalue weighted by Gasteiger charge is 2.10. The molecule has 112 valence electrons. The first-order chi connectivity index (χ1) is 10.6. The van der Waals surface area contributed by atoms with Gasteiger partial charge in [-0.1, -0.05) is 0 Å². The van der Waals surface area contributed by atoms with E-state index in [4.69, 9.17) is 0 Å². The summed E-state index contributed by atoms with van der Waals surface area (Å²) in [6.07, 6.45) is 0.0543. The Labute approximate surface area is 133 Å². The molecule has 0 aliphatic carbocycles. The number of anilines is 1. The van der Waals surface area contributed by atoms with Crippen LogP contribution in [0.3, 0.4) is 0 Å². The molecular formula is C15H10F2N2OS2. The van der Waals surface area contributed by atoms with E-state index in [1.165, 1.54) is 11.3 Å². The number of amides is 1. The molecule has 2 aromatic heterocycles. The van der Waals surface area contributed by atoms with Crippen molar-refractivity contribution in [3.05, 3.63) is 57.7 Å². The third kappa shape index (κ3) is 3.55. The number of nitrogens with zero attached hydrogens (tertiary/aromatic N) is 1. The zero-order valence-corrected chi connectivity index (χ0v) is 12.8. The van der Waals surface area contributed by atoms with E-state index in [1.54, 1.807) is 16.7 Å². The maximum absolute atomic E-state index is 13.1. The van der Waals surface area contributed by atoms with Crippen molar-refractivity contribution in [2.24, 2.45) is 0 Å². The van der Waals surface area contributed by atoms with Gasteiger partial charge in [0.25, 0.3) is 0 Å². The largest absolute Gasteiger partial charge is 0.326 e. The summed E-state index contributed by atoms with van der Waals surface area (Å²) in [6, 6.07) is 4.85. The van der Waals surface area contributed by atoms with Crippen LogP contribution in [0.5, 0.6) is 0 Å². The molecule has 0 radical (unpaired) electrons. The van der Waals surface area contributed by atoms with Crippen molar-refractivity contribution in [1.29, 1.82) is 0 Å². The van der Waals surface area contributed by atoms with E-state index in [9.17, 15) is 13.6 Å². The summed E-state index contributed by atoms with van der Waals surface area (Å²) in [4.78, 5) is 16.3. The Morgan fingerprint density at radius 3 is 2.64 bits per heavy atom. The van der Waals surface area contributed by atoms with Gasteiger partial charge in [0.15, 0.2) is 0 Å². The van der Waals surface area contributed by atoms with Crippen molar-refractivity contribution in [2.75, 3.05) is 5.32 Å². The fraction of sp³-hybridized carbons (Fsp3) is 0.0667. The first-order valence-electron chi connectivity index (χ1n) is 6.33. The number of aromatic nitrogens is 1. The highest BCUT2D eigenvalue weighted by Crippen LogP contribution is 2.26. The van der Waals surface area contributed by atoms with Gasteiger partial charge in [0.1, 0.15) is 16.6 Å². The van der Waals surface area contributed by atoms with E-state index >= 15 is 0 Å². The van der Waals surface area contributed by atoms with Crippen LogP contribution in [0.4, 0.5) is 14.5 Å². The summed E-state index contributed by atoms with van der Waals surface area (Å²) in [5, 5.41) is 9.06. The van der Waals surface area contributed by atoms with E-state index < -0.39 is 11.6 Å². The summed E-state index contributed by atoms with van der Waals surface area (Å²) in [6.45, 7) is 0. The molecule has 22 heavy (non-hydrogen) atoms. The highest BCUT2D eigenvalue weighted by atomic mass is 32.1. The Kier molecular flexibility index (Phi) is 4.26. The van der Waals surface area contributed by atoms with E-state index in [0.29, 0.717) is 5.69 Å². The minimum absolute atomic E-state index is 0.0543. The van der Waals surface area contributed by atoms with Gasteiger partial charge in [0.2, 0.25) is 5.91 Å². The van der Waals surface area contributed by atoms with Crippen LogP contribution < -0.4 is 5.32 Å². The lowest BCUT2D eigenvalue weighted by atomic mass is 10.2. The molecule has 3 nitrogen and oxygen atoms in total. The quantitative estimate of drug-likeness (QED) is 0.770.